The van der Waals surface area contributed by atoms with Crippen molar-refractivity contribution in [3.8, 4) is 0 Å². The molecule has 0 spiro atoms. The van der Waals surface area contributed by atoms with Gasteiger partial charge in [0.1, 0.15) is 0 Å². The van der Waals surface area contributed by atoms with Gasteiger partial charge in [-0.2, -0.15) is 4.98 Å². The third kappa shape index (κ3) is 3.26. The molecule has 2 rings (SSSR count). The largest absolute Gasteiger partial charge is 0.481 e. The van der Waals surface area contributed by atoms with E-state index < -0.39 is 5.97 Å². The highest BCUT2D eigenvalue weighted by molar-refractivity contribution is 5.67. The molecule has 1 aromatic heterocycles. The number of nitrogens with zero attached hydrogens (tertiary/aromatic N) is 3. The summed E-state index contributed by atoms with van der Waals surface area (Å²) in [5, 5.41) is 12.5. The molecule has 0 amide bonds. The summed E-state index contributed by atoms with van der Waals surface area (Å²) in [5.74, 6) is 0.932. The molecule has 0 atom stereocenters. The van der Waals surface area contributed by atoms with E-state index in [-0.39, 0.29) is 12.3 Å². The zero-order chi connectivity index (χ0) is 12.3. The molecule has 17 heavy (non-hydrogen) atoms. The van der Waals surface area contributed by atoms with Crippen LogP contribution in [0.4, 0.5) is 0 Å². The first-order chi connectivity index (χ1) is 8.17. The van der Waals surface area contributed by atoms with Crippen LogP contribution in [0.25, 0.3) is 0 Å². The van der Waals surface area contributed by atoms with Gasteiger partial charge in [0.2, 0.25) is 5.89 Å². The van der Waals surface area contributed by atoms with E-state index in [1.807, 2.05) is 0 Å². The van der Waals surface area contributed by atoms with E-state index >= 15 is 0 Å². The minimum atomic E-state index is -0.723. The maximum absolute atomic E-state index is 10.5. The van der Waals surface area contributed by atoms with Crippen molar-refractivity contribution in [2.75, 3.05) is 13.1 Å². The fraction of sp³-hybridized carbons (Fsp3) is 0.727. The monoisotopic (exact) mass is 239 g/mol. The molecular weight excluding hydrogens is 222 g/mol. The third-order valence-corrected chi connectivity index (χ3v) is 2.84. The lowest BCUT2D eigenvalue weighted by atomic mass is 9.96. The van der Waals surface area contributed by atoms with Crippen LogP contribution in [-0.2, 0) is 17.8 Å². The predicted octanol–water partition coefficient (Wildman–Crippen LogP) is 0.929. The standard InChI is InChI=1S/C11H17N3O3/c1-2-3-10-12-9(13-17-10)7-14-5-8(6-14)4-11(15)16/h8H,2-7H2,1H3,(H,15,16). The Bertz CT molecular complexity index is 385. The normalized spacial score (nSPS) is 17.0. The second-order valence-corrected chi connectivity index (χ2v) is 4.51. The van der Waals surface area contributed by atoms with Crippen LogP contribution in [0.15, 0.2) is 4.52 Å². The van der Waals surface area contributed by atoms with Crippen molar-refractivity contribution in [2.24, 2.45) is 5.92 Å². The highest BCUT2D eigenvalue weighted by Gasteiger charge is 2.29. The first-order valence-electron chi connectivity index (χ1n) is 5.93. The lowest BCUT2D eigenvalue weighted by molar-refractivity contribution is -0.139. The average molecular weight is 239 g/mol. The molecule has 1 N–H and O–H groups in total. The number of rotatable bonds is 6. The number of aryl methyl sites for hydroxylation is 1. The second-order valence-electron chi connectivity index (χ2n) is 4.51. The van der Waals surface area contributed by atoms with Gasteiger partial charge in [-0.25, -0.2) is 0 Å². The first kappa shape index (κ1) is 12.0. The first-order valence-corrected chi connectivity index (χ1v) is 5.93. The molecule has 6 nitrogen and oxygen atoms in total. The van der Waals surface area contributed by atoms with Crippen molar-refractivity contribution >= 4 is 5.97 Å². The maximum Gasteiger partial charge on any atom is 0.303 e. The van der Waals surface area contributed by atoms with Crippen molar-refractivity contribution in [2.45, 2.75) is 32.7 Å². The smallest absolute Gasteiger partial charge is 0.303 e. The molecule has 1 aliphatic heterocycles. The van der Waals surface area contributed by atoms with Crippen LogP contribution < -0.4 is 0 Å². The van der Waals surface area contributed by atoms with Gasteiger partial charge in [0.15, 0.2) is 5.82 Å². The lowest BCUT2D eigenvalue weighted by Gasteiger charge is -2.37. The van der Waals surface area contributed by atoms with Gasteiger partial charge in [-0.1, -0.05) is 12.1 Å². The Hall–Kier alpha value is -1.43. The van der Waals surface area contributed by atoms with E-state index in [2.05, 4.69) is 22.0 Å². The average Bonchev–Trinajstić information content (AvgIpc) is 2.62. The van der Waals surface area contributed by atoms with E-state index in [9.17, 15) is 4.79 Å². The summed E-state index contributed by atoms with van der Waals surface area (Å²) < 4.78 is 5.08. The molecule has 1 aromatic rings. The van der Waals surface area contributed by atoms with Crippen LogP contribution in [0, 0.1) is 5.92 Å². The summed E-state index contributed by atoms with van der Waals surface area (Å²) in [4.78, 5) is 16.9. The van der Waals surface area contributed by atoms with Gasteiger partial charge in [0, 0.05) is 19.5 Å². The highest BCUT2D eigenvalue weighted by atomic mass is 16.5. The Balaban J connectivity index is 1.73. The molecule has 1 saturated heterocycles. The van der Waals surface area contributed by atoms with E-state index in [1.165, 1.54) is 0 Å². The summed E-state index contributed by atoms with van der Waals surface area (Å²) in [6.07, 6.45) is 2.06. The van der Waals surface area contributed by atoms with Gasteiger partial charge in [0.25, 0.3) is 0 Å². The second kappa shape index (κ2) is 5.27. The molecule has 94 valence electrons. The van der Waals surface area contributed by atoms with Crippen LogP contribution in [0.3, 0.4) is 0 Å². The number of likely N-dealkylation sites (tertiary alicyclic amines) is 1. The number of carbonyl (C=O) groups is 1. The number of carboxylic acids is 1. The molecule has 6 heteroatoms. The Morgan fingerprint density at radius 2 is 2.35 bits per heavy atom. The fourth-order valence-corrected chi connectivity index (χ4v) is 2.05. The molecular formula is C11H17N3O3. The predicted molar refractivity (Wildman–Crippen MR) is 59.3 cm³/mol. The topological polar surface area (TPSA) is 79.5 Å². The van der Waals surface area contributed by atoms with Crippen molar-refractivity contribution in [3.63, 3.8) is 0 Å². The number of aliphatic carboxylic acids is 1. The van der Waals surface area contributed by atoms with E-state index in [0.717, 1.165) is 25.9 Å². The minimum absolute atomic E-state index is 0.254. The quantitative estimate of drug-likeness (QED) is 0.795. The van der Waals surface area contributed by atoms with E-state index in [1.54, 1.807) is 0 Å². The van der Waals surface area contributed by atoms with Crippen molar-refractivity contribution in [1.29, 1.82) is 0 Å². The van der Waals surface area contributed by atoms with Crippen LogP contribution in [0.2, 0.25) is 0 Å². The van der Waals surface area contributed by atoms with Gasteiger partial charge >= 0.3 is 5.97 Å². The zero-order valence-electron chi connectivity index (χ0n) is 9.93. The number of hydrogen-bond donors (Lipinski definition) is 1. The fourth-order valence-electron chi connectivity index (χ4n) is 2.05. The number of aromatic nitrogens is 2. The molecule has 2 heterocycles. The van der Waals surface area contributed by atoms with Crippen LogP contribution in [0.1, 0.15) is 31.5 Å². The van der Waals surface area contributed by atoms with Gasteiger partial charge in [0.05, 0.1) is 13.0 Å². The summed E-state index contributed by atoms with van der Waals surface area (Å²) in [6, 6.07) is 0. The molecule has 0 aliphatic carbocycles. The van der Waals surface area contributed by atoms with E-state index in [4.69, 9.17) is 9.63 Å². The molecule has 0 aromatic carbocycles. The van der Waals surface area contributed by atoms with Gasteiger partial charge in [-0.15, -0.1) is 0 Å². The van der Waals surface area contributed by atoms with Crippen LogP contribution >= 0.6 is 0 Å². The van der Waals surface area contributed by atoms with Crippen LogP contribution in [-0.4, -0.2) is 39.2 Å². The summed E-state index contributed by atoms with van der Waals surface area (Å²) in [6.45, 7) is 4.34. The summed E-state index contributed by atoms with van der Waals surface area (Å²) in [5.41, 5.74) is 0. The molecule has 1 aliphatic rings. The van der Waals surface area contributed by atoms with Crippen molar-refractivity contribution in [3.05, 3.63) is 11.7 Å². The number of carboxylic acid groups (broad SMARTS) is 1. The van der Waals surface area contributed by atoms with Crippen LogP contribution in [0.5, 0.6) is 0 Å². The molecule has 1 fully saturated rings. The summed E-state index contributed by atoms with van der Waals surface area (Å²) in [7, 11) is 0. The Morgan fingerprint density at radius 3 is 3.00 bits per heavy atom. The van der Waals surface area contributed by atoms with Gasteiger partial charge < -0.3 is 9.63 Å². The van der Waals surface area contributed by atoms with E-state index in [0.29, 0.717) is 18.3 Å². The minimum Gasteiger partial charge on any atom is -0.481 e. The Kier molecular flexibility index (Phi) is 3.73. The Labute approximate surface area is 99.6 Å². The molecule has 0 radical (unpaired) electrons. The lowest BCUT2D eigenvalue weighted by Crippen LogP contribution is -2.46. The Morgan fingerprint density at radius 1 is 1.59 bits per heavy atom. The molecule has 0 saturated carbocycles. The number of hydrogen-bond acceptors (Lipinski definition) is 5. The molecule has 0 unspecified atom stereocenters. The maximum atomic E-state index is 10.5. The van der Waals surface area contributed by atoms with Gasteiger partial charge in [-0.05, 0) is 12.3 Å². The SMILES string of the molecule is CCCc1nc(CN2CC(CC(=O)O)C2)no1. The zero-order valence-corrected chi connectivity index (χ0v) is 9.93. The summed E-state index contributed by atoms with van der Waals surface area (Å²) >= 11 is 0. The molecule has 0 bridgehead atoms. The van der Waals surface area contributed by atoms with Crippen molar-refractivity contribution in [1.82, 2.24) is 15.0 Å². The third-order valence-electron chi connectivity index (χ3n) is 2.84. The van der Waals surface area contributed by atoms with Gasteiger partial charge in [-0.3, -0.25) is 9.69 Å². The highest BCUT2D eigenvalue weighted by Crippen LogP contribution is 2.20. The van der Waals surface area contributed by atoms with Crippen molar-refractivity contribution < 1.29 is 14.4 Å².